The van der Waals surface area contributed by atoms with Crippen LogP contribution >= 0.6 is 0 Å². The first-order valence-corrected chi connectivity index (χ1v) is 10.6. The Morgan fingerprint density at radius 2 is 1.55 bits per heavy atom. The van der Waals surface area contributed by atoms with Gasteiger partial charge < -0.3 is 14.8 Å². The summed E-state index contributed by atoms with van der Waals surface area (Å²) in [6.07, 6.45) is 3.96. The van der Waals surface area contributed by atoms with Crippen molar-refractivity contribution in [1.82, 2.24) is 14.4 Å². The molecule has 1 aliphatic heterocycles. The predicted molar refractivity (Wildman–Crippen MR) is 123 cm³/mol. The molecule has 0 spiro atoms. The van der Waals surface area contributed by atoms with E-state index in [9.17, 15) is 9.59 Å². The zero-order chi connectivity index (χ0) is 21.8. The number of rotatable bonds is 5. The Bertz CT molecular complexity index is 1050. The second-order valence-corrected chi connectivity index (χ2v) is 8.00. The van der Waals surface area contributed by atoms with Crippen LogP contribution in [0.4, 0.5) is 5.69 Å². The molecule has 1 fully saturated rings. The van der Waals surface area contributed by atoms with Gasteiger partial charge in [0.1, 0.15) is 0 Å². The molecule has 2 heterocycles. The molecule has 3 aromatic rings. The standard InChI is InChI=1S/C25H28N4O2/c1-19-6-5-7-23(20(19)2)26-24(30)18-27-14-16-29(17-15-27)25(31)21-8-10-22(11-9-21)28-12-3-4-13-28/h3-13H,14-18H2,1-2H3,(H,26,30). The molecule has 1 N–H and O–H groups in total. The molecule has 0 atom stereocenters. The van der Waals surface area contributed by atoms with Crippen molar-refractivity contribution in [2.75, 3.05) is 38.0 Å². The van der Waals surface area contributed by atoms with E-state index in [1.807, 2.05) is 90.3 Å². The number of nitrogens with zero attached hydrogens (tertiary/aromatic N) is 3. The summed E-state index contributed by atoms with van der Waals surface area (Å²) in [5, 5.41) is 3.01. The predicted octanol–water partition coefficient (Wildman–Crippen LogP) is 3.49. The van der Waals surface area contributed by atoms with E-state index < -0.39 is 0 Å². The van der Waals surface area contributed by atoms with Gasteiger partial charge in [-0.3, -0.25) is 14.5 Å². The molecule has 4 rings (SSSR count). The molecule has 0 saturated carbocycles. The molecule has 1 aromatic heterocycles. The number of carbonyl (C=O) groups excluding carboxylic acids is 2. The van der Waals surface area contributed by atoms with Crippen LogP contribution in [0.15, 0.2) is 67.0 Å². The van der Waals surface area contributed by atoms with Crippen molar-refractivity contribution in [3.63, 3.8) is 0 Å². The van der Waals surface area contributed by atoms with Gasteiger partial charge in [-0.2, -0.15) is 0 Å². The largest absolute Gasteiger partial charge is 0.336 e. The fourth-order valence-electron chi connectivity index (χ4n) is 3.85. The van der Waals surface area contributed by atoms with Crippen molar-refractivity contribution in [3.05, 3.63) is 83.7 Å². The zero-order valence-electron chi connectivity index (χ0n) is 18.0. The van der Waals surface area contributed by atoms with Crippen LogP contribution in [0, 0.1) is 13.8 Å². The summed E-state index contributed by atoms with van der Waals surface area (Å²) in [6.45, 7) is 7.00. The van der Waals surface area contributed by atoms with Gasteiger partial charge in [0.15, 0.2) is 0 Å². The average Bonchev–Trinajstić information content (AvgIpc) is 3.32. The maximum absolute atomic E-state index is 12.9. The number of amides is 2. The van der Waals surface area contributed by atoms with Gasteiger partial charge in [-0.1, -0.05) is 12.1 Å². The maximum Gasteiger partial charge on any atom is 0.253 e. The van der Waals surface area contributed by atoms with Crippen molar-refractivity contribution < 1.29 is 9.59 Å². The molecule has 2 aromatic carbocycles. The van der Waals surface area contributed by atoms with Crippen LogP contribution in [-0.2, 0) is 4.79 Å². The van der Waals surface area contributed by atoms with Crippen LogP contribution in [0.3, 0.4) is 0 Å². The van der Waals surface area contributed by atoms with E-state index in [2.05, 4.69) is 10.2 Å². The van der Waals surface area contributed by atoms with Gasteiger partial charge in [-0.25, -0.2) is 0 Å². The molecule has 0 unspecified atom stereocenters. The summed E-state index contributed by atoms with van der Waals surface area (Å²) in [7, 11) is 0. The molecule has 2 amide bonds. The van der Waals surface area contributed by atoms with E-state index in [0.29, 0.717) is 38.3 Å². The summed E-state index contributed by atoms with van der Waals surface area (Å²) in [5.74, 6) is 0.0209. The number of nitrogens with one attached hydrogen (secondary N) is 1. The van der Waals surface area contributed by atoms with E-state index in [-0.39, 0.29) is 11.8 Å². The highest BCUT2D eigenvalue weighted by Crippen LogP contribution is 2.18. The van der Waals surface area contributed by atoms with Gasteiger partial charge in [-0.05, 0) is 67.4 Å². The van der Waals surface area contributed by atoms with Crippen molar-refractivity contribution in [3.8, 4) is 5.69 Å². The third kappa shape index (κ3) is 4.86. The molecule has 1 aliphatic rings. The molecule has 160 valence electrons. The molecular formula is C25H28N4O2. The summed E-state index contributed by atoms with van der Waals surface area (Å²) in [6, 6.07) is 17.5. The summed E-state index contributed by atoms with van der Waals surface area (Å²) < 4.78 is 2.01. The average molecular weight is 417 g/mol. The van der Waals surface area contributed by atoms with Crippen LogP contribution in [0.2, 0.25) is 0 Å². The van der Waals surface area contributed by atoms with Crippen molar-refractivity contribution >= 4 is 17.5 Å². The number of aromatic nitrogens is 1. The van der Waals surface area contributed by atoms with Crippen molar-refractivity contribution in [1.29, 1.82) is 0 Å². The number of hydrogen-bond donors (Lipinski definition) is 1. The van der Waals surface area contributed by atoms with E-state index >= 15 is 0 Å². The molecular weight excluding hydrogens is 388 g/mol. The van der Waals surface area contributed by atoms with E-state index in [1.54, 1.807) is 0 Å². The van der Waals surface area contributed by atoms with Crippen LogP contribution < -0.4 is 5.32 Å². The number of aryl methyl sites for hydroxylation is 1. The third-order valence-electron chi connectivity index (χ3n) is 5.92. The molecule has 1 saturated heterocycles. The minimum Gasteiger partial charge on any atom is -0.336 e. The summed E-state index contributed by atoms with van der Waals surface area (Å²) >= 11 is 0. The van der Waals surface area contributed by atoms with Crippen LogP contribution in [0.25, 0.3) is 5.69 Å². The van der Waals surface area contributed by atoms with E-state index in [1.165, 1.54) is 0 Å². The third-order valence-corrected chi connectivity index (χ3v) is 5.92. The van der Waals surface area contributed by atoms with Gasteiger partial charge in [0.25, 0.3) is 5.91 Å². The van der Waals surface area contributed by atoms with E-state index in [4.69, 9.17) is 0 Å². The van der Waals surface area contributed by atoms with Crippen LogP contribution in [-0.4, -0.2) is 58.9 Å². The monoisotopic (exact) mass is 416 g/mol. The number of hydrogen-bond acceptors (Lipinski definition) is 3. The Balaban J connectivity index is 1.28. The fourth-order valence-corrected chi connectivity index (χ4v) is 3.85. The number of anilines is 1. The first-order valence-electron chi connectivity index (χ1n) is 10.6. The Labute approximate surface area is 183 Å². The van der Waals surface area contributed by atoms with Gasteiger partial charge in [0.05, 0.1) is 6.54 Å². The van der Waals surface area contributed by atoms with Crippen molar-refractivity contribution in [2.24, 2.45) is 0 Å². The normalized spacial score (nSPS) is 14.5. The quantitative estimate of drug-likeness (QED) is 0.693. The lowest BCUT2D eigenvalue weighted by molar-refractivity contribution is -0.117. The van der Waals surface area contributed by atoms with Gasteiger partial charge in [0, 0.05) is 55.5 Å². The SMILES string of the molecule is Cc1cccc(NC(=O)CN2CCN(C(=O)c3ccc(-n4cccc4)cc3)CC2)c1C. The fraction of sp³-hybridized carbons (Fsp3) is 0.280. The van der Waals surface area contributed by atoms with Gasteiger partial charge >= 0.3 is 0 Å². The number of piperazine rings is 1. The molecule has 31 heavy (non-hydrogen) atoms. The molecule has 6 nitrogen and oxygen atoms in total. The highest BCUT2D eigenvalue weighted by Gasteiger charge is 2.23. The van der Waals surface area contributed by atoms with E-state index in [0.717, 1.165) is 22.5 Å². The maximum atomic E-state index is 12.9. The lowest BCUT2D eigenvalue weighted by Crippen LogP contribution is -2.50. The minimum atomic E-state index is -0.0194. The van der Waals surface area contributed by atoms with Crippen LogP contribution in [0.1, 0.15) is 21.5 Å². The smallest absolute Gasteiger partial charge is 0.253 e. The molecule has 0 bridgehead atoms. The number of carbonyl (C=O) groups is 2. The molecule has 0 aliphatic carbocycles. The van der Waals surface area contributed by atoms with Crippen molar-refractivity contribution in [2.45, 2.75) is 13.8 Å². The topological polar surface area (TPSA) is 57.6 Å². The number of benzene rings is 2. The molecule has 0 radical (unpaired) electrons. The summed E-state index contributed by atoms with van der Waals surface area (Å²) in [5.41, 5.74) is 4.83. The highest BCUT2D eigenvalue weighted by molar-refractivity contribution is 5.95. The van der Waals surface area contributed by atoms with Gasteiger partial charge in [-0.15, -0.1) is 0 Å². The zero-order valence-corrected chi connectivity index (χ0v) is 18.0. The first kappa shape index (κ1) is 20.9. The lowest BCUT2D eigenvalue weighted by Gasteiger charge is -2.34. The first-order chi connectivity index (χ1) is 15.0. The Kier molecular flexibility index (Phi) is 6.18. The lowest BCUT2D eigenvalue weighted by atomic mass is 10.1. The second-order valence-electron chi connectivity index (χ2n) is 8.00. The minimum absolute atomic E-state index is 0.0194. The Morgan fingerprint density at radius 1 is 0.871 bits per heavy atom. The Morgan fingerprint density at radius 3 is 2.23 bits per heavy atom. The second kappa shape index (κ2) is 9.18. The van der Waals surface area contributed by atoms with Crippen LogP contribution in [0.5, 0.6) is 0 Å². The highest BCUT2D eigenvalue weighted by atomic mass is 16.2. The van der Waals surface area contributed by atoms with Gasteiger partial charge in [0.2, 0.25) is 5.91 Å². The Hall–Kier alpha value is -3.38. The molecule has 6 heteroatoms. The summed E-state index contributed by atoms with van der Waals surface area (Å²) in [4.78, 5) is 29.3.